The van der Waals surface area contributed by atoms with Crippen molar-refractivity contribution in [3.8, 4) is 11.8 Å². The second-order valence-electron chi connectivity index (χ2n) is 3.56. The van der Waals surface area contributed by atoms with E-state index in [9.17, 15) is 9.59 Å². The standard InChI is InChI=1S/C11H18N2O2/c1-8(2)5-6-10(9(3)14)11(15)13-7-12-4/h8,10,12H,7H2,1-4H3,(H,13,15)/t10-/m0/s1. The van der Waals surface area contributed by atoms with Gasteiger partial charge >= 0.3 is 0 Å². The van der Waals surface area contributed by atoms with E-state index in [4.69, 9.17) is 0 Å². The zero-order chi connectivity index (χ0) is 11.8. The van der Waals surface area contributed by atoms with Crippen molar-refractivity contribution in [1.29, 1.82) is 0 Å². The van der Waals surface area contributed by atoms with E-state index in [-0.39, 0.29) is 17.6 Å². The molecule has 0 aromatic carbocycles. The van der Waals surface area contributed by atoms with E-state index in [0.717, 1.165) is 0 Å². The maximum atomic E-state index is 11.5. The van der Waals surface area contributed by atoms with Crippen LogP contribution in [-0.4, -0.2) is 25.4 Å². The summed E-state index contributed by atoms with van der Waals surface area (Å²) >= 11 is 0. The third-order valence-corrected chi connectivity index (χ3v) is 1.62. The zero-order valence-electron chi connectivity index (χ0n) is 9.68. The molecule has 0 aromatic rings. The van der Waals surface area contributed by atoms with Gasteiger partial charge in [0.25, 0.3) is 0 Å². The number of hydrogen-bond acceptors (Lipinski definition) is 3. The summed E-state index contributed by atoms with van der Waals surface area (Å²) in [4.78, 5) is 22.7. The van der Waals surface area contributed by atoms with Gasteiger partial charge in [0, 0.05) is 5.92 Å². The van der Waals surface area contributed by atoms with Gasteiger partial charge in [-0.25, -0.2) is 0 Å². The minimum absolute atomic E-state index is 0.156. The molecular weight excluding hydrogens is 192 g/mol. The molecule has 0 saturated carbocycles. The molecule has 0 saturated heterocycles. The van der Waals surface area contributed by atoms with E-state index in [1.165, 1.54) is 6.92 Å². The van der Waals surface area contributed by atoms with Crippen LogP contribution in [0.4, 0.5) is 0 Å². The summed E-state index contributed by atoms with van der Waals surface area (Å²) in [5, 5.41) is 5.33. The molecular formula is C11H18N2O2. The first kappa shape index (κ1) is 13.7. The van der Waals surface area contributed by atoms with Crippen molar-refractivity contribution in [2.45, 2.75) is 20.8 Å². The van der Waals surface area contributed by atoms with Gasteiger partial charge in [-0.3, -0.25) is 9.59 Å². The molecule has 0 aliphatic heterocycles. The van der Waals surface area contributed by atoms with Gasteiger partial charge in [0.2, 0.25) is 5.91 Å². The van der Waals surface area contributed by atoms with E-state index in [1.54, 1.807) is 7.05 Å². The van der Waals surface area contributed by atoms with Crippen LogP contribution in [0.15, 0.2) is 0 Å². The maximum absolute atomic E-state index is 11.5. The number of carbonyl (C=O) groups excluding carboxylic acids is 2. The molecule has 0 aliphatic carbocycles. The van der Waals surface area contributed by atoms with Crippen LogP contribution in [0.1, 0.15) is 20.8 Å². The molecule has 1 atom stereocenters. The molecule has 2 N–H and O–H groups in total. The summed E-state index contributed by atoms with van der Waals surface area (Å²) in [6.07, 6.45) is 0. The zero-order valence-corrected chi connectivity index (χ0v) is 9.68. The lowest BCUT2D eigenvalue weighted by Gasteiger charge is -2.07. The summed E-state index contributed by atoms with van der Waals surface area (Å²) in [7, 11) is 1.71. The number of rotatable bonds is 4. The molecule has 0 aliphatic rings. The third kappa shape index (κ3) is 5.87. The molecule has 0 spiro atoms. The number of nitrogens with one attached hydrogen (secondary N) is 2. The second kappa shape index (κ2) is 7.02. The van der Waals surface area contributed by atoms with Crippen LogP contribution in [0.5, 0.6) is 0 Å². The normalized spacial score (nSPS) is 11.5. The SMILES string of the molecule is CNCNC(=O)[C@@H](C#CC(C)C)C(C)=O. The van der Waals surface area contributed by atoms with Crippen LogP contribution in [0.2, 0.25) is 0 Å². The number of ketones is 1. The fourth-order valence-corrected chi connectivity index (χ4v) is 0.879. The van der Waals surface area contributed by atoms with E-state index in [2.05, 4.69) is 22.5 Å². The van der Waals surface area contributed by atoms with Gasteiger partial charge in [0.1, 0.15) is 0 Å². The van der Waals surface area contributed by atoms with Crippen molar-refractivity contribution in [1.82, 2.24) is 10.6 Å². The van der Waals surface area contributed by atoms with E-state index in [0.29, 0.717) is 6.67 Å². The highest BCUT2D eigenvalue weighted by Gasteiger charge is 2.19. The third-order valence-electron chi connectivity index (χ3n) is 1.62. The van der Waals surface area contributed by atoms with Crippen molar-refractivity contribution in [3.63, 3.8) is 0 Å². The number of carbonyl (C=O) groups is 2. The monoisotopic (exact) mass is 210 g/mol. The van der Waals surface area contributed by atoms with Crippen molar-refractivity contribution in [2.24, 2.45) is 11.8 Å². The number of hydrogen-bond donors (Lipinski definition) is 2. The van der Waals surface area contributed by atoms with Gasteiger partial charge in [-0.05, 0) is 14.0 Å². The Labute approximate surface area is 90.8 Å². The maximum Gasteiger partial charge on any atom is 0.243 e. The van der Waals surface area contributed by atoms with Crippen LogP contribution in [-0.2, 0) is 9.59 Å². The second-order valence-corrected chi connectivity index (χ2v) is 3.56. The average molecular weight is 210 g/mol. The molecule has 4 heteroatoms. The van der Waals surface area contributed by atoms with Crippen molar-refractivity contribution in [3.05, 3.63) is 0 Å². The Bertz CT molecular complexity index is 287. The minimum Gasteiger partial charge on any atom is -0.342 e. The largest absolute Gasteiger partial charge is 0.342 e. The molecule has 0 bridgehead atoms. The highest BCUT2D eigenvalue weighted by atomic mass is 16.2. The highest BCUT2D eigenvalue weighted by molar-refractivity contribution is 6.03. The molecule has 4 nitrogen and oxygen atoms in total. The lowest BCUT2D eigenvalue weighted by atomic mass is 10.0. The van der Waals surface area contributed by atoms with E-state index >= 15 is 0 Å². The van der Waals surface area contributed by atoms with E-state index in [1.807, 2.05) is 13.8 Å². The van der Waals surface area contributed by atoms with Crippen LogP contribution in [0.3, 0.4) is 0 Å². The van der Waals surface area contributed by atoms with Gasteiger partial charge in [0.05, 0.1) is 6.67 Å². The summed E-state index contributed by atoms with van der Waals surface area (Å²) in [5.41, 5.74) is 0. The Morgan fingerprint density at radius 3 is 2.27 bits per heavy atom. The highest BCUT2D eigenvalue weighted by Crippen LogP contribution is 1.98. The lowest BCUT2D eigenvalue weighted by Crippen LogP contribution is -2.38. The molecule has 1 amide bonds. The first-order valence-corrected chi connectivity index (χ1v) is 4.92. The fraction of sp³-hybridized carbons (Fsp3) is 0.636. The predicted octanol–water partition coefficient (Wildman–Crippen LogP) is 0.144. The Balaban J connectivity index is 4.48. The van der Waals surface area contributed by atoms with Gasteiger partial charge in [-0.15, -0.1) is 0 Å². The van der Waals surface area contributed by atoms with Crippen LogP contribution in [0.25, 0.3) is 0 Å². The molecule has 0 heterocycles. The van der Waals surface area contributed by atoms with Crippen molar-refractivity contribution < 1.29 is 9.59 Å². The average Bonchev–Trinajstić information content (AvgIpc) is 2.13. The van der Waals surface area contributed by atoms with Crippen LogP contribution >= 0.6 is 0 Å². The Morgan fingerprint density at radius 2 is 1.87 bits per heavy atom. The summed E-state index contributed by atoms with van der Waals surface area (Å²) in [6, 6.07) is 0. The fourth-order valence-electron chi connectivity index (χ4n) is 0.879. The predicted molar refractivity (Wildman–Crippen MR) is 58.9 cm³/mol. The Morgan fingerprint density at radius 1 is 1.27 bits per heavy atom. The molecule has 0 aromatic heterocycles. The lowest BCUT2D eigenvalue weighted by molar-refractivity contribution is -0.130. The van der Waals surface area contributed by atoms with Gasteiger partial charge < -0.3 is 10.6 Å². The molecule has 0 fully saturated rings. The summed E-state index contributed by atoms with van der Waals surface area (Å²) < 4.78 is 0. The topological polar surface area (TPSA) is 58.2 Å². The minimum atomic E-state index is -0.847. The smallest absolute Gasteiger partial charge is 0.243 e. The molecule has 0 rings (SSSR count). The molecule has 84 valence electrons. The Hall–Kier alpha value is -1.34. The van der Waals surface area contributed by atoms with Gasteiger partial charge in [-0.1, -0.05) is 25.7 Å². The Kier molecular flexibility index (Phi) is 6.39. The van der Waals surface area contributed by atoms with Gasteiger partial charge in [0.15, 0.2) is 11.7 Å². The molecule has 0 radical (unpaired) electrons. The number of amides is 1. The quantitative estimate of drug-likeness (QED) is 0.394. The summed E-state index contributed by atoms with van der Waals surface area (Å²) in [6.45, 7) is 5.54. The van der Waals surface area contributed by atoms with E-state index < -0.39 is 5.92 Å². The van der Waals surface area contributed by atoms with Gasteiger partial charge in [-0.2, -0.15) is 0 Å². The molecule has 0 unspecified atom stereocenters. The summed E-state index contributed by atoms with van der Waals surface area (Å²) in [5.74, 6) is 4.26. The van der Waals surface area contributed by atoms with Crippen molar-refractivity contribution >= 4 is 11.7 Å². The van der Waals surface area contributed by atoms with Crippen LogP contribution in [0, 0.1) is 23.7 Å². The first-order valence-electron chi connectivity index (χ1n) is 4.92. The van der Waals surface area contributed by atoms with Crippen LogP contribution < -0.4 is 10.6 Å². The molecule has 15 heavy (non-hydrogen) atoms. The first-order chi connectivity index (χ1) is 6.99. The number of Topliss-reactive ketones (excluding diaryl/α,β-unsaturated/α-hetero) is 1. The van der Waals surface area contributed by atoms with Crippen molar-refractivity contribution in [2.75, 3.05) is 13.7 Å².